The van der Waals surface area contributed by atoms with Crippen molar-refractivity contribution in [1.82, 2.24) is 0 Å². The summed E-state index contributed by atoms with van der Waals surface area (Å²) in [6.45, 7) is 2.08. The Hall–Kier alpha value is -1.86. The average molecular weight is 269 g/mol. The zero-order valence-corrected chi connectivity index (χ0v) is 11.5. The van der Waals surface area contributed by atoms with Crippen LogP contribution in [0.3, 0.4) is 0 Å². The molecular formula is C17H15ClN+. The van der Waals surface area contributed by atoms with Gasteiger partial charge in [0.25, 0.3) is 5.50 Å². The monoisotopic (exact) mass is 268 g/mol. The van der Waals surface area contributed by atoms with E-state index in [1.165, 1.54) is 16.3 Å². The van der Waals surface area contributed by atoms with Gasteiger partial charge in [0, 0.05) is 17.0 Å². The van der Waals surface area contributed by atoms with Crippen LogP contribution in [-0.4, -0.2) is 0 Å². The molecule has 19 heavy (non-hydrogen) atoms. The number of aromatic nitrogens is 1. The van der Waals surface area contributed by atoms with Gasteiger partial charge in [-0.25, -0.2) is 0 Å². The van der Waals surface area contributed by atoms with Gasteiger partial charge in [-0.05, 0) is 30.0 Å². The van der Waals surface area contributed by atoms with E-state index in [4.69, 9.17) is 11.6 Å². The molecule has 2 heteroatoms. The van der Waals surface area contributed by atoms with E-state index >= 15 is 0 Å². The first-order valence-electron chi connectivity index (χ1n) is 6.34. The second-order valence-electron chi connectivity index (χ2n) is 4.77. The van der Waals surface area contributed by atoms with Crippen molar-refractivity contribution in [2.45, 2.75) is 12.4 Å². The third-order valence-electron chi connectivity index (χ3n) is 3.32. The molecule has 0 saturated carbocycles. The molecule has 0 aliphatic heterocycles. The Labute approximate surface area is 118 Å². The Morgan fingerprint density at radius 3 is 2.32 bits per heavy atom. The molecule has 0 saturated heterocycles. The number of alkyl halides is 1. The van der Waals surface area contributed by atoms with Crippen LogP contribution in [0.5, 0.6) is 0 Å². The summed E-state index contributed by atoms with van der Waals surface area (Å²) in [5, 5.41) is 2.43. The maximum absolute atomic E-state index is 6.55. The Balaban J connectivity index is 2.01. The minimum Gasteiger partial charge on any atom is -0.183 e. The summed E-state index contributed by atoms with van der Waals surface area (Å²) in [5.74, 6) is 0. The molecule has 0 bridgehead atoms. The van der Waals surface area contributed by atoms with E-state index in [1.54, 1.807) is 0 Å². The number of fused-ring (bicyclic) bond motifs is 1. The molecule has 0 aliphatic carbocycles. The van der Waals surface area contributed by atoms with Crippen molar-refractivity contribution in [1.29, 1.82) is 0 Å². The van der Waals surface area contributed by atoms with Crippen LogP contribution in [0.25, 0.3) is 10.8 Å². The second kappa shape index (κ2) is 5.02. The van der Waals surface area contributed by atoms with Gasteiger partial charge in [-0.2, -0.15) is 4.57 Å². The lowest BCUT2D eigenvalue weighted by atomic mass is 10.1. The highest BCUT2D eigenvalue weighted by molar-refractivity contribution is 6.19. The van der Waals surface area contributed by atoms with E-state index in [0.29, 0.717) is 0 Å². The largest absolute Gasteiger partial charge is 0.258 e. The zero-order chi connectivity index (χ0) is 13.2. The summed E-state index contributed by atoms with van der Waals surface area (Å²) in [6.07, 6.45) is 4.12. The Kier molecular flexibility index (Phi) is 3.22. The smallest absolute Gasteiger partial charge is 0.183 e. The van der Waals surface area contributed by atoms with Gasteiger partial charge < -0.3 is 0 Å². The van der Waals surface area contributed by atoms with Crippen molar-refractivity contribution >= 4 is 22.4 Å². The highest BCUT2D eigenvalue weighted by atomic mass is 35.5. The Morgan fingerprint density at radius 1 is 0.895 bits per heavy atom. The molecule has 0 radical (unpaired) electrons. The number of halogens is 1. The summed E-state index contributed by atoms with van der Waals surface area (Å²) in [5.41, 5.74) is 2.17. The topological polar surface area (TPSA) is 3.88 Å². The van der Waals surface area contributed by atoms with Crippen LogP contribution >= 0.6 is 11.6 Å². The minimum atomic E-state index is -0.176. The first-order chi connectivity index (χ1) is 9.24. The van der Waals surface area contributed by atoms with Gasteiger partial charge in [0.2, 0.25) is 0 Å². The van der Waals surface area contributed by atoms with E-state index in [0.717, 1.165) is 5.56 Å². The lowest BCUT2D eigenvalue weighted by molar-refractivity contribution is -0.692. The molecule has 0 fully saturated rings. The molecule has 1 nitrogen and oxygen atoms in total. The van der Waals surface area contributed by atoms with Gasteiger partial charge in [0.1, 0.15) is 0 Å². The van der Waals surface area contributed by atoms with Crippen molar-refractivity contribution in [3.63, 3.8) is 0 Å². The number of hydrogen-bond acceptors (Lipinski definition) is 0. The Bertz CT molecular complexity index is 704. The van der Waals surface area contributed by atoms with Crippen molar-refractivity contribution in [3.8, 4) is 0 Å². The number of hydrogen-bond donors (Lipinski definition) is 0. The molecule has 3 rings (SSSR count). The van der Waals surface area contributed by atoms with E-state index in [-0.39, 0.29) is 5.50 Å². The summed E-state index contributed by atoms with van der Waals surface area (Å²) in [6, 6.07) is 18.7. The summed E-state index contributed by atoms with van der Waals surface area (Å²) in [7, 11) is 0. The molecule has 1 heterocycles. The summed E-state index contributed by atoms with van der Waals surface area (Å²) >= 11 is 6.55. The summed E-state index contributed by atoms with van der Waals surface area (Å²) in [4.78, 5) is 0. The molecule has 2 aromatic carbocycles. The number of pyridine rings is 1. The maximum atomic E-state index is 6.55. The van der Waals surface area contributed by atoms with Crippen molar-refractivity contribution < 1.29 is 4.57 Å². The lowest BCUT2D eigenvalue weighted by Gasteiger charge is -2.06. The molecule has 1 atom stereocenters. The van der Waals surface area contributed by atoms with Gasteiger partial charge in [-0.1, -0.05) is 48.0 Å². The number of nitrogens with zero attached hydrogens (tertiary/aromatic N) is 1. The SMILES string of the molecule is Cc1ccc(C(Cl)[n+]2ccc3ccccc3c2)cc1. The van der Waals surface area contributed by atoms with Crippen LogP contribution in [0, 0.1) is 6.92 Å². The average Bonchev–Trinajstić information content (AvgIpc) is 2.47. The first kappa shape index (κ1) is 12.2. The standard InChI is InChI=1S/C17H15ClN/c1-13-6-8-15(9-7-13)17(18)19-11-10-14-4-2-3-5-16(14)12-19/h2-12,17H,1H3/q+1. The van der Waals surface area contributed by atoms with Crippen LogP contribution in [0.15, 0.2) is 67.0 Å². The number of rotatable bonds is 2. The zero-order valence-electron chi connectivity index (χ0n) is 10.8. The normalized spacial score (nSPS) is 12.5. The van der Waals surface area contributed by atoms with Crippen molar-refractivity contribution in [2.24, 2.45) is 0 Å². The quantitative estimate of drug-likeness (QED) is 0.484. The molecule has 1 unspecified atom stereocenters. The van der Waals surface area contributed by atoms with E-state index in [2.05, 4.69) is 55.6 Å². The van der Waals surface area contributed by atoms with Gasteiger partial charge in [0.05, 0.1) is 0 Å². The molecular weight excluding hydrogens is 254 g/mol. The fourth-order valence-corrected chi connectivity index (χ4v) is 2.46. The fourth-order valence-electron chi connectivity index (χ4n) is 2.19. The predicted octanol–water partition coefficient (Wildman–Crippen LogP) is 4.22. The maximum Gasteiger partial charge on any atom is 0.258 e. The van der Waals surface area contributed by atoms with Gasteiger partial charge >= 0.3 is 0 Å². The van der Waals surface area contributed by atoms with Crippen LogP contribution in [0.4, 0.5) is 0 Å². The molecule has 0 aliphatic rings. The minimum absolute atomic E-state index is 0.176. The first-order valence-corrected chi connectivity index (χ1v) is 6.78. The number of aryl methyl sites for hydroxylation is 1. The van der Waals surface area contributed by atoms with E-state index in [1.807, 2.05) is 22.9 Å². The van der Waals surface area contributed by atoms with Crippen molar-refractivity contribution in [2.75, 3.05) is 0 Å². The van der Waals surface area contributed by atoms with Crippen LogP contribution in [-0.2, 0) is 0 Å². The highest BCUT2D eigenvalue weighted by Crippen LogP contribution is 2.19. The second-order valence-corrected chi connectivity index (χ2v) is 5.18. The van der Waals surface area contributed by atoms with Gasteiger partial charge in [-0.15, -0.1) is 0 Å². The molecule has 94 valence electrons. The predicted molar refractivity (Wildman–Crippen MR) is 79.3 cm³/mol. The lowest BCUT2D eigenvalue weighted by Crippen LogP contribution is -2.36. The van der Waals surface area contributed by atoms with Crippen LogP contribution in [0.2, 0.25) is 0 Å². The van der Waals surface area contributed by atoms with Crippen LogP contribution < -0.4 is 4.57 Å². The van der Waals surface area contributed by atoms with E-state index < -0.39 is 0 Å². The molecule has 0 amide bonds. The Morgan fingerprint density at radius 2 is 1.58 bits per heavy atom. The van der Waals surface area contributed by atoms with E-state index in [9.17, 15) is 0 Å². The van der Waals surface area contributed by atoms with Gasteiger partial charge in [0.15, 0.2) is 12.4 Å². The fraction of sp³-hybridized carbons (Fsp3) is 0.118. The third kappa shape index (κ3) is 2.47. The van der Waals surface area contributed by atoms with Gasteiger partial charge in [-0.3, -0.25) is 0 Å². The van der Waals surface area contributed by atoms with Crippen LogP contribution in [0.1, 0.15) is 16.6 Å². The molecule has 3 aromatic rings. The molecule has 1 aromatic heterocycles. The molecule has 0 N–H and O–H groups in total. The number of benzene rings is 2. The molecule has 0 spiro atoms. The highest BCUT2D eigenvalue weighted by Gasteiger charge is 2.17. The third-order valence-corrected chi connectivity index (χ3v) is 3.80. The summed E-state index contributed by atoms with van der Waals surface area (Å²) < 4.78 is 2.04. The van der Waals surface area contributed by atoms with Crippen molar-refractivity contribution in [3.05, 3.63) is 78.1 Å².